The Morgan fingerprint density at radius 1 is 1.00 bits per heavy atom. The fourth-order valence-electron chi connectivity index (χ4n) is 3.55. The molecule has 0 heterocycles. The molecule has 0 aromatic heterocycles. The number of ether oxygens (including phenoxy) is 1. The molecule has 22 heavy (non-hydrogen) atoms. The van der Waals surface area contributed by atoms with Crippen molar-refractivity contribution < 1.29 is 9.84 Å². The van der Waals surface area contributed by atoms with Gasteiger partial charge in [-0.05, 0) is 37.0 Å². The Bertz CT molecular complexity index is 586. The first-order valence-electron chi connectivity index (χ1n) is 8.19. The van der Waals surface area contributed by atoms with E-state index >= 15 is 0 Å². The van der Waals surface area contributed by atoms with E-state index in [1.165, 1.54) is 24.0 Å². The lowest BCUT2D eigenvalue weighted by Gasteiger charge is -2.33. The second-order valence-electron chi connectivity index (χ2n) is 6.23. The van der Waals surface area contributed by atoms with Crippen LogP contribution in [0.5, 0.6) is 5.75 Å². The molecule has 0 aliphatic heterocycles. The topological polar surface area (TPSA) is 29.5 Å². The first-order valence-corrected chi connectivity index (χ1v) is 8.19. The molecule has 0 spiro atoms. The molecular weight excluding hydrogens is 272 g/mol. The molecule has 0 bridgehead atoms. The van der Waals surface area contributed by atoms with Crippen LogP contribution in [0.15, 0.2) is 48.5 Å². The monoisotopic (exact) mass is 296 g/mol. The minimum Gasteiger partial charge on any atom is -0.508 e. The number of aryl methyl sites for hydroxylation is 1. The zero-order valence-corrected chi connectivity index (χ0v) is 13.2. The first-order chi connectivity index (χ1) is 10.8. The second kappa shape index (κ2) is 6.97. The van der Waals surface area contributed by atoms with Gasteiger partial charge in [-0.1, -0.05) is 55.3 Å². The molecular formula is C20H24O2. The SMILES string of the molecule is Cc1cccc(O)c1[C@@H]1CCCC[C@@H]1OCc1ccccc1. The van der Waals surface area contributed by atoms with Crippen LogP contribution >= 0.6 is 0 Å². The minimum atomic E-state index is 0.195. The van der Waals surface area contributed by atoms with Crippen LogP contribution in [-0.4, -0.2) is 11.2 Å². The number of hydrogen-bond donors (Lipinski definition) is 1. The normalized spacial score (nSPS) is 21.7. The molecule has 1 saturated carbocycles. The summed E-state index contributed by atoms with van der Waals surface area (Å²) in [4.78, 5) is 0. The number of hydrogen-bond acceptors (Lipinski definition) is 2. The Morgan fingerprint density at radius 3 is 2.55 bits per heavy atom. The van der Waals surface area contributed by atoms with Crippen LogP contribution in [0.3, 0.4) is 0 Å². The summed E-state index contributed by atoms with van der Waals surface area (Å²) >= 11 is 0. The van der Waals surface area contributed by atoms with Crippen molar-refractivity contribution in [2.24, 2.45) is 0 Å². The number of phenols is 1. The average molecular weight is 296 g/mol. The number of aromatic hydroxyl groups is 1. The van der Waals surface area contributed by atoms with Crippen molar-refractivity contribution >= 4 is 0 Å². The molecule has 0 amide bonds. The number of phenolic OH excluding ortho intramolecular Hbond substituents is 1. The van der Waals surface area contributed by atoms with Gasteiger partial charge in [-0.15, -0.1) is 0 Å². The van der Waals surface area contributed by atoms with Crippen LogP contribution < -0.4 is 0 Å². The van der Waals surface area contributed by atoms with Gasteiger partial charge in [0.05, 0.1) is 12.7 Å². The zero-order chi connectivity index (χ0) is 15.4. The largest absolute Gasteiger partial charge is 0.508 e. The standard InChI is InChI=1S/C20H24O2/c1-15-8-7-12-18(21)20(15)17-11-5-6-13-19(17)22-14-16-9-3-2-4-10-16/h2-4,7-10,12,17,19,21H,5-6,11,13-14H2,1H3/t17-,19+/m1/s1. The summed E-state index contributed by atoms with van der Waals surface area (Å²) < 4.78 is 6.23. The van der Waals surface area contributed by atoms with Crippen molar-refractivity contribution in [1.82, 2.24) is 0 Å². The number of benzene rings is 2. The fraction of sp³-hybridized carbons (Fsp3) is 0.400. The van der Waals surface area contributed by atoms with Gasteiger partial charge in [0, 0.05) is 11.5 Å². The molecule has 1 aliphatic carbocycles. The van der Waals surface area contributed by atoms with Gasteiger partial charge in [0.15, 0.2) is 0 Å². The zero-order valence-electron chi connectivity index (χ0n) is 13.2. The van der Waals surface area contributed by atoms with Crippen molar-refractivity contribution in [3.63, 3.8) is 0 Å². The van der Waals surface area contributed by atoms with Gasteiger partial charge in [-0.2, -0.15) is 0 Å². The highest BCUT2D eigenvalue weighted by Crippen LogP contribution is 2.40. The van der Waals surface area contributed by atoms with E-state index in [9.17, 15) is 5.11 Å². The molecule has 116 valence electrons. The summed E-state index contributed by atoms with van der Waals surface area (Å²) in [6.07, 6.45) is 4.79. The van der Waals surface area contributed by atoms with Crippen LogP contribution in [0.2, 0.25) is 0 Å². The third kappa shape index (κ3) is 3.33. The summed E-state index contributed by atoms with van der Waals surface area (Å²) in [6, 6.07) is 16.1. The van der Waals surface area contributed by atoms with Crippen LogP contribution in [-0.2, 0) is 11.3 Å². The molecule has 2 aromatic carbocycles. The van der Waals surface area contributed by atoms with E-state index < -0.39 is 0 Å². The summed E-state index contributed by atoms with van der Waals surface area (Å²) in [5, 5.41) is 10.3. The van der Waals surface area contributed by atoms with Gasteiger partial charge in [-0.3, -0.25) is 0 Å². The van der Waals surface area contributed by atoms with E-state index in [4.69, 9.17) is 4.74 Å². The van der Waals surface area contributed by atoms with Crippen molar-refractivity contribution in [3.05, 3.63) is 65.2 Å². The Morgan fingerprint density at radius 2 is 1.77 bits per heavy atom. The first kappa shape index (κ1) is 15.1. The van der Waals surface area contributed by atoms with Crippen LogP contribution in [0.25, 0.3) is 0 Å². The highest BCUT2D eigenvalue weighted by atomic mass is 16.5. The maximum atomic E-state index is 10.3. The van der Waals surface area contributed by atoms with E-state index in [0.717, 1.165) is 18.4 Å². The van der Waals surface area contributed by atoms with Crippen molar-refractivity contribution in [2.45, 2.75) is 51.2 Å². The minimum absolute atomic E-state index is 0.195. The van der Waals surface area contributed by atoms with E-state index in [-0.39, 0.29) is 6.10 Å². The smallest absolute Gasteiger partial charge is 0.119 e. The third-order valence-corrected chi connectivity index (χ3v) is 4.68. The van der Waals surface area contributed by atoms with Crippen molar-refractivity contribution in [2.75, 3.05) is 0 Å². The van der Waals surface area contributed by atoms with Gasteiger partial charge in [0.1, 0.15) is 5.75 Å². The molecule has 1 aliphatic rings. The third-order valence-electron chi connectivity index (χ3n) is 4.68. The van der Waals surface area contributed by atoms with Gasteiger partial charge in [0.2, 0.25) is 0 Å². The van der Waals surface area contributed by atoms with Gasteiger partial charge >= 0.3 is 0 Å². The molecule has 0 radical (unpaired) electrons. The maximum absolute atomic E-state index is 10.3. The van der Waals surface area contributed by atoms with Crippen molar-refractivity contribution in [3.8, 4) is 5.75 Å². The molecule has 0 unspecified atom stereocenters. The lowest BCUT2D eigenvalue weighted by molar-refractivity contribution is 0.00136. The Hall–Kier alpha value is -1.80. The molecule has 0 saturated heterocycles. The fourth-order valence-corrected chi connectivity index (χ4v) is 3.55. The Balaban J connectivity index is 1.77. The molecule has 2 atom stereocenters. The van der Waals surface area contributed by atoms with Crippen LogP contribution in [0.1, 0.15) is 48.3 Å². The van der Waals surface area contributed by atoms with Crippen LogP contribution in [0, 0.1) is 6.92 Å². The van der Waals surface area contributed by atoms with Crippen molar-refractivity contribution in [1.29, 1.82) is 0 Å². The predicted molar refractivity (Wildman–Crippen MR) is 89.1 cm³/mol. The summed E-state index contributed by atoms with van der Waals surface area (Å²) in [5.41, 5.74) is 3.46. The summed E-state index contributed by atoms with van der Waals surface area (Å²) in [5.74, 6) is 0.721. The number of rotatable bonds is 4. The average Bonchev–Trinajstić information content (AvgIpc) is 2.55. The molecule has 1 N–H and O–H groups in total. The summed E-state index contributed by atoms with van der Waals surface area (Å²) in [6.45, 7) is 2.73. The van der Waals surface area contributed by atoms with Gasteiger partial charge in [-0.25, -0.2) is 0 Å². The molecule has 3 rings (SSSR count). The Kier molecular flexibility index (Phi) is 4.79. The highest BCUT2D eigenvalue weighted by Gasteiger charge is 2.30. The maximum Gasteiger partial charge on any atom is 0.119 e. The molecule has 2 heteroatoms. The quantitative estimate of drug-likeness (QED) is 0.865. The van der Waals surface area contributed by atoms with E-state index in [0.29, 0.717) is 18.3 Å². The second-order valence-corrected chi connectivity index (χ2v) is 6.23. The van der Waals surface area contributed by atoms with Crippen LogP contribution in [0.4, 0.5) is 0 Å². The lowest BCUT2D eigenvalue weighted by Crippen LogP contribution is -2.26. The van der Waals surface area contributed by atoms with E-state index in [1.54, 1.807) is 6.07 Å². The highest BCUT2D eigenvalue weighted by molar-refractivity contribution is 5.42. The lowest BCUT2D eigenvalue weighted by atomic mass is 9.79. The summed E-state index contributed by atoms with van der Waals surface area (Å²) in [7, 11) is 0. The molecule has 2 nitrogen and oxygen atoms in total. The van der Waals surface area contributed by atoms with Gasteiger partial charge < -0.3 is 9.84 Å². The van der Waals surface area contributed by atoms with Gasteiger partial charge in [0.25, 0.3) is 0 Å². The van der Waals surface area contributed by atoms with E-state index in [2.05, 4.69) is 25.1 Å². The predicted octanol–water partition coefficient (Wildman–Crippen LogP) is 4.94. The van der Waals surface area contributed by atoms with E-state index in [1.807, 2.05) is 24.3 Å². The Labute approximate surface area is 132 Å². The molecule has 1 fully saturated rings. The molecule has 2 aromatic rings.